The summed E-state index contributed by atoms with van der Waals surface area (Å²) in [6.07, 6.45) is 3.23. The second-order valence-corrected chi connectivity index (χ2v) is 6.97. The molecule has 19 heavy (non-hydrogen) atoms. The highest BCUT2D eigenvalue weighted by Crippen LogP contribution is 2.17. The summed E-state index contributed by atoms with van der Waals surface area (Å²) in [6.45, 7) is 4.30. The maximum Gasteiger partial charge on any atom is 0.223 e. The normalized spacial score (nSPS) is 21.7. The molecule has 0 spiro atoms. The molecule has 2 rings (SSSR count). The van der Waals surface area contributed by atoms with E-state index >= 15 is 0 Å². The van der Waals surface area contributed by atoms with Gasteiger partial charge in [0.05, 0.1) is 12.8 Å². The molecule has 1 aliphatic rings. The lowest BCUT2D eigenvalue weighted by Crippen LogP contribution is -2.42. The summed E-state index contributed by atoms with van der Waals surface area (Å²) < 4.78 is 29.4. The summed E-state index contributed by atoms with van der Waals surface area (Å²) in [7, 11) is -3.07. The second kappa shape index (κ2) is 5.98. The smallest absolute Gasteiger partial charge is 0.223 e. The first-order valence-electron chi connectivity index (χ1n) is 6.40. The molecule has 0 aliphatic carbocycles. The van der Waals surface area contributed by atoms with E-state index in [9.17, 15) is 8.42 Å². The van der Waals surface area contributed by atoms with Crippen molar-refractivity contribution in [3.05, 3.63) is 11.7 Å². The maximum atomic E-state index is 11.5. The van der Waals surface area contributed by atoms with E-state index < -0.39 is 10.0 Å². The largest absolute Gasteiger partial charge is 0.340 e. The number of aryl methyl sites for hydroxylation is 1. The molecule has 0 radical (unpaired) electrons. The van der Waals surface area contributed by atoms with Crippen molar-refractivity contribution in [1.82, 2.24) is 19.8 Å². The number of rotatable bonds is 5. The minimum atomic E-state index is -3.07. The number of piperidine rings is 1. The quantitative estimate of drug-likeness (QED) is 0.829. The van der Waals surface area contributed by atoms with E-state index in [0.717, 1.165) is 19.4 Å². The highest BCUT2D eigenvalue weighted by atomic mass is 32.2. The van der Waals surface area contributed by atoms with Crippen LogP contribution in [0.15, 0.2) is 4.52 Å². The van der Waals surface area contributed by atoms with E-state index in [1.807, 2.05) is 0 Å². The fourth-order valence-corrected chi connectivity index (χ4v) is 3.24. The highest BCUT2D eigenvalue weighted by Gasteiger charge is 2.25. The molecule has 8 heteroatoms. The Hall–Kier alpha value is -0.990. The first-order valence-corrected chi connectivity index (χ1v) is 8.25. The van der Waals surface area contributed by atoms with Gasteiger partial charge in [-0.15, -0.1) is 0 Å². The average Bonchev–Trinajstić information content (AvgIpc) is 2.74. The lowest BCUT2D eigenvalue weighted by atomic mass is 10.00. The summed E-state index contributed by atoms with van der Waals surface area (Å²) in [6, 6.07) is 0. The standard InChI is InChI=1S/C11H20N4O3S/c1-9-13-11(14-18-9)7-12-6-10-4-3-5-15(8-10)19(2,16)17/h10,12H,3-8H2,1-2H3. The van der Waals surface area contributed by atoms with Crippen LogP contribution in [0.4, 0.5) is 0 Å². The van der Waals surface area contributed by atoms with E-state index in [1.165, 1.54) is 6.26 Å². The van der Waals surface area contributed by atoms with Gasteiger partial charge in [-0.05, 0) is 25.3 Å². The van der Waals surface area contributed by atoms with Gasteiger partial charge in [0.15, 0.2) is 5.82 Å². The number of hydrogen-bond acceptors (Lipinski definition) is 6. The van der Waals surface area contributed by atoms with E-state index in [0.29, 0.717) is 37.3 Å². The molecule has 0 saturated carbocycles. The molecular weight excluding hydrogens is 268 g/mol. The maximum absolute atomic E-state index is 11.5. The monoisotopic (exact) mass is 288 g/mol. The number of nitrogens with zero attached hydrogens (tertiary/aromatic N) is 3. The van der Waals surface area contributed by atoms with Crippen molar-refractivity contribution in [3.8, 4) is 0 Å². The van der Waals surface area contributed by atoms with E-state index in [2.05, 4.69) is 15.5 Å². The molecule has 0 bridgehead atoms. The Labute approximate surface area is 113 Å². The minimum Gasteiger partial charge on any atom is -0.340 e. The van der Waals surface area contributed by atoms with Crippen molar-refractivity contribution in [2.75, 3.05) is 25.9 Å². The van der Waals surface area contributed by atoms with Gasteiger partial charge in [-0.3, -0.25) is 0 Å². The van der Waals surface area contributed by atoms with Crippen molar-refractivity contribution in [2.24, 2.45) is 5.92 Å². The molecule has 1 aromatic heterocycles. The van der Waals surface area contributed by atoms with Crippen LogP contribution in [0.25, 0.3) is 0 Å². The van der Waals surface area contributed by atoms with Crippen molar-refractivity contribution < 1.29 is 12.9 Å². The van der Waals surface area contributed by atoms with Crippen molar-refractivity contribution >= 4 is 10.0 Å². The summed E-state index contributed by atoms with van der Waals surface area (Å²) in [4.78, 5) is 4.10. The van der Waals surface area contributed by atoms with Crippen molar-refractivity contribution in [3.63, 3.8) is 0 Å². The van der Waals surface area contributed by atoms with Crippen LogP contribution < -0.4 is 5.32 Å². The van der Waals surface area contributed by atoms with Gasteiger partial charge in [0.1, 0.15) is 0 Å². The molecule has 1 aromatic rings. The number of sulfonamides is 1. The third-order valence-electron chi connectivity index (χ3n) is 3.24. The van der Waals surface area contributed by atoms with Crippen LogP contribution in [0.3, 0.4) is 0 Å². The van der Waals surface area contributed by atoms with Crippen LogP contribution in [0.2, 0.25) is 0 Å². The molecule has 1 atom stereocenters. The molecule has 1 saturated heterocycles. The zero-order valence-corrected chi connectivity index (χ0v) is 12.1. The second-order valence-electron chi connectivity index (χ2n) is 4.99. The topological polar surface area (TPSA) is 88.3 Å². The Balaban J connectivity index is 1.77. The van der Waals surface area contributed by atoms with E-state index in [-0.39, 0.29) is 0 Å². The van der Waals surface area contributed by atoms with Crippen molar-refractivity contribution in [1.29, 1.82) is 0 Å². The van der Waals surface area contributed by atoms with Gasteiger partial charge in [-0.1, -0.05) is 5.16 Å². The SMILES string of the molecule is Cc1nc(CNCC2CCCN(S(C)(=O)=O)C2)no1. The van der Waals surface area contributed by atoms with Crippen LogP contribution in [-0.4, -0.2) is 48.8 Å². The average molecular weight is 288 g/mol. The van der Waals surface area contributed by atoms with E-state index in [1.54, 1.807) is 11.2 Å². The molecular formula is C11H20N4O3S. The molecule has 1 unspecified atom stereocenters. The Kier molecular flexibility index (Phi) is 4.54. The molecule has 0 aromatic carbocycles. The van der Waals surface area contributed by atoms with Gasteiger partial charge in [0.2, 0.25) is 15.9 Å². The third-order valence-corrected chi connectivity index (χ3v) is 4.51. The van der Waals surface area contributed by atoms with Gasteiger partial charge in [-0.25, -0.2) is 12.7 Å². The van der Waals surface area contributed by atoms with Gasteiger partial charge in [0.25, 0.3) is 0 Å². The van der Waals surface area contributed by atoms with Gasteiger partial charge in [-0.2, -0.15) is 4.98 Å². The lowest BCUT2D eigenvalue weighted by molar-refractivity contribution is 0.260. The van der Waals surface area contributed by atoms with Crippen LogP contribution in [0.1, 0.15) is 24.6 Å². The Morgan fingerprint density at radius 2 is 2.32 bits per heavy atom. The summed E-state index contributed by atoms with van der Waals surface area (Å²) in [5.41, 5.74) is 0. The Morgan fingerprint density at radius 1 is 1.53 bits per heavy atom. The molecule has 1 N–H and O–H groups in total. The molecule has 0 amide bonds. The Bertz CT molecular complexity index is 514. The van der Waals surface area contributed by atoms with Crippen LogP contribution >= 0.6 is 0 Å². The first kappa shape index (κ1) is 14.4. The van der Waals surface area contributed by atoms with Crippen LogP contribution in [0, 0.1) is 12.8 Å². The number of aromatic nitrogens is 2. The summed E-state index contributed by atoms with van der Waals surface area (Å²) in [5, 5.41) is 7.05. The molecule has 1 fully saturated rings. The third kappa shape index (κ3) is 4.26. The van der Waals surface area contributed by atoms with Crippen molar-refractivity contribution in [2.45, 2.75) is 26.3 Å². The van der Waals surface area contributed by atoms with Gasteiger partial charge in [0, 0.05) is 20.0 Å². The summed E-state index contributed by atoms with van der Waals surface area (Å²) in [5.74, 6) is 1.53. The predicted molar refractivity (Wildman–Crippen MR) is 69.9 cm³/mol. The van der Waals surface area contributed by atoms with Crippen LogP contribution in [-0.2, 0) is 16.6 Å². The van der Waals surface area contributed by atoms with Gasteiger partial charge < -0.3 is 9.84 Å². The zero-order chi connectivity index (χ0) is 13.9. The molecule has 1 aliphatic heterocycles. The number of nitrogens with one attached hydrogen (secondary N) is 1. The fourth-order valence-electron chi connectivity index (χ4n) is 2.30. The summed E-state index contributed by atoms with van der Waals surface area (Å²) >= 11 is 0. The molecule has 7 nitrogen and oxygen atoms in total. The molecule has 2 heterocycles. The lowest BCUT2D eigenvalue weighted by Gasteiger charge is -2.30. The number of hydrogen-bond donors (Lipinski definition) is 1. The highest BCUT2D eigenvalue weighted by molar-refractivity contribution is 7.88. The van der Waals surface area contributed by atoms with Crippen LogP contribution in [0.5, 0.6) is 0 Å². The predicted octanol–water partition coefficient (Wildman–Crippen LogP) is 0.139. The molecule has 108 valence electrons. The first-order chi connectivity index (χ1) is 8.95. The fraction of sp³-hybridized carbons (Fsp3) is 0.818. The van der Waals surface area contributed by atoms with E-state index in [4.69, 9.17) is 4.52 Å². The zero-order valence-electron chi connectivity index (χ0n) is 11.3. The minimum absolute atomic E-state index is 0.344. The van der Waals surface area contributed by atoms with Gasteiger partial charge >= 0.3 is 0 Å². The Morgan fingerprint density at radius 3 is 2.95 bits per heavy atom.